The maximum atomic E-state index is 15.0. The predicted octanol–water partition coefficient (Wildman–Crippen LogP) is 11.9. The van der Waals surface area contributed by atoms with Gasteiger partial charge < -0.3 is 39.5 Å². The second-order valence-corrected chi connectivity index (χ2v) is 19.6. The van der Waals surface area contributed by atoms with Crippen LogP contribution >= 0.6 is 0 Å². The molecule has 4 aliphatic rings. The molecule has 7 rings (SSSR count). The second kappa shape index (κ2) is 25.8. The summed E-state index contributed by atoms with van der Waals surface area (Å²) in [4.78, 5) is 36.4. The molecule has 0 saturated heterocycles. The molecule has 0 unspecified atom stereocenters. The number of aliphatic hydroxyl groups is 2. The molecular formula is C57H79N3O8. The number of ether oxygens (including phenoxy) is 3. The van der Waals surface area contributed by atoms with Crippen molar-refractivity contribution in [2.75, 3.05) is 33.0 Å². The lowest BCUT2D eigenvalue weighted by molar-refractivity contribution is -0.258. The van der Waals surface area contributed by atoms with E-state index in [0.29, 0.717) is 50.5 Å². The van der Waals surface area contributed by atoms with Gasteiger partial charge in [0.1, 0.15) is 24.1 Å². The van der Waals surface area contributed by atoms with Gasteiger partial charge in [0.25, 0.3) is 0 Å². The molecule has 68 heavy (non-hydrogen) atoms. The highest BCUT2D eigenvalue weighted by molar-refractivity contribution is 6.03. The molecule has 11 nitrogen and oxygen atoms in total. The van der Waals surface area contributed by atoms with Crippen LogP contribution in [0.4, 0.5) is 4.79 Å². The standard InChI is InChI=1S/C57H79N3O8/c1-4-7-8-9-10-11-12-13-14-19-33-58-56(64)67-45-31-32-51-49(38-45)53-47(28-18-21-35-62)43(24-17-20-34-61)37-48-50(59-66-6-3)39-52(57(68-51,54(48)53)65-36-5-2)60(55(63)42-29-30-42)40-44-26-22-25-41-23-15-16-27-46(41)44/h5,15-16,22-23,25-27,31-32,37-38,42-43,47,52-54,61-62H,2,4,6-14,17-21,24,28-30,33-36,39-40H2,1,3H3,(H,58,64)/t43-,47+,52-,53+,54+,57+/m0/s1. The van der Waals surface area contributed by atoms with Crippen molar-refractivity contribution in [1.82, 2.24) is 10.2 Å². The number of carbonyl (C=O) groups excluding carboxylic acids is 2. The maximum absolute atomic E-state index is 15.0. The minimum atomic E-state index is -1.38. The quantitative estimate of drug-likeness (QED) is 0.0355. The number of carbonyl (C=O) groups is 2. The number of fused-ring (bicyclic) bond motifs is 3. The topological polar surface area (TPSA) is 139 Å². The molecule has 1 heterocycles. The third-order valence-electron chi connectivity index (χ3n) is 14.8. The summed E-state index contributed by atoms with van der Waals surface area (Å²) in [5, 5.41) is 30.1. The number of rotatable bonds is 29. The molecule has 3 N–H and O–H groups in total. The van der Waals surface area contributed by atoms with Crippen LogP contribution in [0.25, 0.3) is 10.8 Å². The van der Waals surface area contributed by atoms with Gasteiger partial charge in [-0.2, -0.15) is 0 Å². The van der Waals surface area contributed by atoms with E-state index in [1.807, 2.05) is 36.1 Å². The number of aliphatic hydroxyl groups excluding tert-OH is 2. The average molecular weight is 934 g/mol. The van der Waals surface area contributed by atoms with Crippen molar-refractivity contribution in [3.63, 3.8) is 0 Å². The molecule has 6 atom stereocenters. The van der Waals surface area contributed by atoms with Crippen LogP contribution in [0.5, 0.6) is 11.5 Å². The number of allylic oxidation sites excluding steroid dienone is 1. The maximum Gasteiger partial charge on any atom is 0.412 e. The van der Waals surface area contributed by atoms with Crippen molar-refractivity contribution in [2.45, 2.75) is 160 Å². The van der Waals surface area contributed by atoms with Crippen LogP contribution < -0.4 is 14.8 Å². The Balaban J connectivity index is 1.27. The van der Waals surface area contributed by atoms with Crippen molar-refractivity contribution >= 4 is 28.5 Å². The number of hydrogen-bond acceptors (Lipinski definition) is 9. The van der Waals surface area contributed by atoms with Gasteiger partial charge in [-0.05, 0) is 104 Å². The van der Waals surface area contributed by atoms with Crippen LogP contribution in [0.2, 0.25) is 0 Å². The summed E-state index contributed by atoms with van der Waals surface area (Å²) < 4.78 is 20.7. The van der Waals surface area contributed by atoms with E-state index in [0.717, 1.165) is 84.6 Å². The highest BCUT2D eigenvalue weighted by Crippen LogP contribution is 2.62. The zero-order chi connectivity index (χ0) is 47.7. The molecule has 3 aromatic rings. The van der Waals surface area contributed by atoms with E-state index in [1.165, 1.54) is 51.4 Å². The number of oxime groups is 1. The molecule has 1 aliphatic heterocycles. The molecule has 2 saturated carbocycles. The van der Waals surface area contributed by atoms with E-state index in [-0.39, 0.29) is 49.4 Å². The third-order valence-corrected chi connectivity index (χ3v) is 14.8. The molecule has 2 amide bonds. The van der Waals surface area contributed by atoms with Crippen LogP contribution in [0.1, 0.15) is 153 Å². The summed E-state index contributed by atoms with van der Waals surface area (Å²) in [7, 11) is 0. The van der Waals surface area contributed by atoms with Crippen molar-refractivity contribution in [3.05, 3.63) is 96.1 Å². The lowest BCUT2D eigenvalue weighted by atomic mass is 9.55. The fraction of sp³-hybridized carbons (Fsp3) is 0.596. The Bertz CT molecular complexity index is 2160. The summed E-state index contributed by atoms with van der Waals surface area (Å²) >= 11 is 0. The molecule has 0 radical (unpaired) electrons. The summed E-state index contributed by atoms with van der Waals surface area (Å²) in [6.07, 6.45) is 22.4. The first-order valence-electron chi connectivity index (χ1n) is 26.3. The Kier molecular flexibility index (Phi) is 19.4. The first kappa shape index (κ1) is 51.1. The van der Waals surface area contributed by atoms with E-state index in [9.17, 15) is 15.0 Å². The van der Waals surface area contributed by atoms with Crippen LogP contribution in [0.3, 0.4) is 0 Å². The minimum absolute atomic E-state index is 0.0431. The van der Waals surface area contributed by atoms with E-state index in [2.05, 4.69) is 55.2 Å². The second-order valence-electron chi connectivity index (χ2n) is 19.6. The summed E-state index contributed by atoms with van der Waals surface area (Å²) in [6, 6.07) is 19.6. The van der Waals surface area contributed by atoms with E-state index in [1.54, 1.807) is 12.1 Å². The average Bonchev–Trinajstić information content (AvgIpc) is 4.21. The Morgan fingerprint density at radius 2 is 1.60 bits per heavy atom. The number of benzene rings is 3. The Labute approximate surface area is 405 Å². The molecule has 0 bridgehead atoms. The zero-order valence-corrected chi connectivity index (χ0v) is 41.0. The first-order chi connectivity index (χ1) is 33.4. The highest BCUT2D eigenvalue weighted by atomic mass is 16.7. The van der Waals surface area contributed by atoms with Crippen molar-refractivity contribution in [3.8, 4) is 11.5 Å². The number of hydrogen-bond donors (Lipinski definition) is 3. The molecule has 2 fully saturated rings. The molecule has 0 spiro atoms. The van der Waals surface area contributed by atoms with Crippen molar-refractivity contribution in [2.24, 2.45) is 28.8 Å². The molecule has 11 heteroatoms. The van der Waals surface area contributed by atoms with Crippen LogP contribution in [0.15, 0.2) is 90.1 Å². The fourth-order valence-electron chi connectivity index (χ4n) is 11.3. The van der Waals surface area contributed by atoms with Gasteiger partial charge in [0, 0.05) is 50.1 Å². The van der Waals surface area contributed by atoms with Gasteiger partial charge in [-0.3, -0.25) is 4.79 Å². The van der Waals surface area contributed by atoms with Gasteiger partial charge in [0.15, 0.2) is 0 Å². The van der Waals surface area contributed by atoms with E-state index >= 15 is 4.79 Å². The summed E-state index contributed by atoms with van der Waals surface area (Å²) in [6.45, 7) is 9.91. The van der Waals surface area contributed by atoms with E-state index < -0.39 is 23.8 Å². The number of amides is 2. The number of unbranched alkanes of at least 4 members (excludes halogenated alkanes) is 11. The molecule has 3 aliphatic carbocycles. The lowest BCUT2D eigenvalue weighted by Crippen LogP contribution is -2.70. The van der Waals surface area contributed by atoms with Gasteiger partial charge in [-0.15, -0.1) is 6.58 Å². The molecule has 370 valence electrons. The monoisotopic (exact) mass is 934 g/mol. The van der Waals surface area contributed by atoms with Gasteiger partial charge in [0.2, 0.25) is 11.7 Å². The normalized spacial score (nSPS) is 23.3. The van der Waals surface area contributed by atoms with Crippen molar-refractivity contribution < 1.29 is 38.9 Å². The van der Waals surface area contributed by atoms with Crippen molar-refractivity contribution in [1.29, 1.82) is 0 Å². The fourth-order valence-corrected chi connectivity index (χ4v) is 11.3. The smallest absolute Gasteiger partial charge is 0.412 e. The van der Waals surface area contributed by atoms with Gasteiger partial charge in [0.05, 0.1) is 18.2 Å². The van der Waals surface area contributed by atoms with Gasteiger partial charge >= 0.3 is 6.09 Å². The molecular weight excluding hydrogens is 855 g/mol. The molecule has 3 aromatic carbocycles. The predicted molar refractivity (Wildman–Crippen MR) is 270 cm³/mol. The summed E-state index contributed by atoms with van der Waals surface area (Å²) in [5.41, 5.74) is 3.69. The van der Waals surface area contributed by atoms with Crippen LogP contribution in [0, 0.1) is 23.7 Å². The van der Waals surface area contributed by atoms with Gasteiger partial charge in [-0.25, -0.2) is 4.79 Å². The van der Waals surface area contributed by atoms with Gasteiger partial charge in [-0.1, -0.05) is 137 Å². The SMILES string of the molecule is C=CCO[C@@]12Oc3ccc(OC(=O)NCCCCCCCCCCCC)cc3[C@H]3[C@H](CCCCO)[C@@H](CCCCO)C=C(C(=NOCC)C[C@@H]1N(Cc1cccc4ccccc14)C(=O)C1CC1)[C@H]32. The third kappa shape index (κ3) is 12.5. The lowest BCUT2D eigenvalue weighted by Gasteiger charge is -2.60. The Morgan fingerprint density at radius 3 is 2.32 bits per heavy atom. The number of nitrogens with zero attached hydrogens (tertiary/aromatic N) is 2. The summed E-state index contributed by atoms with van der Waals surface area (Å²) in [5.74, 6) is -0.920. The Morgan fingerprint density at radius 1 is 0.882 bits per heavy atom. The highest BCUT2D eigenvalue weighted by Gasteiger charge is 2.66. The number of nitrogens with one attached hydrogen (secondary N) is 1. The van der Waals surface area contributed by atoms with Crippen LogP contribution in [-0.4, -0.2) is 77.6 Å². The van der Waals surface area contributed by atoms with Crippen LogP contribution in [-0.2, 0) is 20.9 Å². The molecule has 0 aromatic heterocycles. The minimum Gasteiger partial charge on any atom is -0.459 e. The Hall–Kier alpha value is -4.71. The first-order valence-corrected chi connectivity index (χ1v) is 26.3. The zero-order valence-electron chi connectivity index (χ0n) is 41.0. The largest absolute Gasteiger partial charge is 0.459 e. The van der Waals surface area contributed by atoms with E-state index in [4.69, 9.17) is 24.2 Å².